The lowest BCUT2D eigenvalue weighted by Crippen LogP contribution is -2.58. The summed E-state index contributed by atoms with van der Waals surface area (Å²) >= 11 is 0. The van der Waals surface area contributed by atoms with Gasteiger partial charge in [0.25, 0.3) is 5.60 Å². The van der Waals surface area contributed by atoms with Gasteiger partial charge in [-0.15, -0.1) is 0 Å². The van der Waals surface area contributed by atoms with Crippen molar-refractivity contribution < 1.29 is 31.4 Å². The fourth-order valence-corrected chi connectivity index (χ4v) is 2.90. The van der Waals surface area contributed by atoms with Gasteiger partial charge < -0.3 is 5.11 Å². The zero-order chi connectivity index (χ0) is 13.8. The van der Waals surface area contributed by atoms with Gasteiger partial charge in [0.15, 0.2) is 0 Å². The van der Waals surface area contributed by atoms with E-state index in [1.54, 1.807) is 6.08 Å². The predicted octanol–water partition coefficient (Wildman–Crippen LogP) is 3.44. The van der Waals surface area contributed by atoms with E-state index in [0.717, 1.165) is 0 Å². The maximum absolute atomic E-state index is 12.5. The molecule has 2 bridgehead atoms. The Bertz CT molecular complexity index is 342. The van der Waals surface area contributed by atoms with Crippen LogP contribution in [0.1, 0.15) is 19.3 Å². The number of aliphatic hydroxyl groups is 1. The highest BCUT2D eigenvalue weighted by atomic mass is 19.4. The monoisotopic (exact) mass is 274 g/mol. The van der Waals surface area contributed by atoms with E-state index in [0.29, 0.717) is 6.42 Å². The van der Waals surface area contributed by atoms with E-state index in [9.17, 15) is 26.3 Å². The highest BCUT2D eigenvalue weighted by Gasteiger charge is 2.71. The number of rotatable bonds is 2. The molecular weight excluding hydrogens is 262 g/mol. The molecule has 2 aliphatic carbocycles. The molecular formula is C11H12F6O. The van der Waals surface area contributed by atoms with Crippen molar-refractivity contribution >= 4 is 0 Å². The SMILES string of the molecule is OC(C[C@@H]1C[C@H]2C=C[C@@H]1C2)(C(F)(F)F)C(F)(F)F. The number of hydrogen-bond donors (Lipinski definition) is 1. The summed E-state index contributed by atoms with van der Waals surface area (Å²) in [6.45, 7) is 0. The second-order valence-electron chi connectivity index (χ2n) is 5.10. The molecule has 104 valence electrons. The minimum atomic E-state index is -5.70. The van der Waals surface area contributed by atoms with Crippen molar-refractivity contribution in [1.29, 1.82) is 0 Å². The fourth-order valence-electron chi connectivity index (χ4n) is 2.90. The van der Waals surface area contributed by atoms with Gasteiger partial charge >= 0.3 is 12.4 Å². The molecule has 3 atom stereocenters. The average Bonchev–Trinajstić information content (AvgIpc) is 2.75. The Balaban J connectivity index is 2.19. The van der Waals surface area contributed by atoms with Gasteiger partial charge in [0, 0.05) is 0 Å². The van der Waals surface area contributed by atoms with Crippen LogP contribution in [0.2, 0.25) is 0 Å². The van der Waals surface area contributed by atoms with Crippen LogP contribution in [0, 0.1) is 17.8 Å². The lowest BCUT2D eigenvalue weighted by Gasteiger charge is -2.35. The molecule has 0 radical (unpaired) electrons. The van der Waals surface area contributed by atoms with Crippen LogP contribution in [-0.2, 0) is 0 Å². The number of hydrogen-bond acceptors (Lipinski definition) is 1. The standard InChI is InChI=1S/C11H12F6O/c12-10(13,14)9(18,11(15,16)17)5-8-4-6-1-2-7(8)3-6/h1-2,6-8,18H,3-5H2/t6-,7+,8-/m0/s1. The van der Waals surface area contributed by atoms with Crippen molar-refractivity contribution in [3.63, 3.8) is 0 Å². The number of alkyl halides is 6. The van der Waals surface area contributed by atoms with Crippen molar-refractivity contribution in [2.24, 2.45) is 17.8 Å². The molecule has 1 N–H and O–H groups in total. The molecule has 1 saturated carbocycles. The van der Waals surface area contributed by atoms with Gasteiger partial charge in [0.1, 0.15) is 0 Å². The summed E-state index contributed by atoms with van der Waals surface area (Å²) in [5, 5.41) is 9.10. The lowest BCUT2D eigenvalue weighted by atomic mass is 9.82. The van der Waals surface area contributed by atoms with E-state index >= 15 is 0 Å². The summed E-state index contributed by atoms with van der Waals surface area (Å²) < 4.78 is 75.0. The summed E-state index contributed by atoms with van der Waals surface area (Å²) in [5.74, 6) is -0.967. The molecule has 0 saturated heterocycles. The van der Waals surface area contributed by atoms with E-state index in [1.807, 2.05) is 6.08 Å². The highest BCUT2D eigenvalue weighted by Crippen LogP contribution is 2.53. The van der Waals surface area contributed by atoms with Crippen LogP contribution in [0.15, 0.2) is 12.2 Å². The molecule has 2 rings (SSSR count). The Labute approximate surface area is 99.5 Å². The molecule has 0 unspecified atom stereocenters. The predicted molar refractivity (Wildman–Crippen MR) is 50.5 cm³/mol. The Morgan fingerprint density at radius 1 is 0.944 bits per heavy atom. The third-order valence-electron chi connectivity index (χ3n) is 3.91. The first-order chi connectivity index (χ1) is 8.04. The molecule has 2 aliphatic rings. The van der Waals surface area contributed by atoms with Gasteiger partial charge in [-0.2, -0.15) is 26.3 Å². The minimum absolute atomic E-state index is 0.0608. The normalized spacial score (nSPS) is 32.3. The Morgan fingerprint density at radius 3 is 1.83 bits per heavy atom. The quantitative estimate of drug-likeness (QED) is 0.604. The smallest absolute Gasteiger partial charge is 0.374 e. The van der Waals surface area contributed by atoms with E-state index in [-0.39, 0.29) is 18.3 Å². The zero-order valence-corrected chi connectivity index (χ0v) is 9.22. The van der Waals surface area contributed by atoms with Crippen molar-refractivity contribution in [1.82, 2.24) is 0 Å². The summed E-state index contributed by atoms with van der Waals surface area (Å²) in [5.41, 5.74) is -4.59. The number of halogens is 6. The van der Waals surface area contributed by atoms with Crippen LogP contribution in [0.25, 0.3) is 0 Å². The number of fused-ring (bicyclic) bond motifs is 2. The van der Waals surface area contributed by atoms with Crippen LogP contribution in [-0.4, -0.2) is 23.1 Å². The van der Waals surface area contributed by atoms with Gasteiger partial charge in [-0.1, -0.05) is 12.2 Å². The van der Waals surface area contributed by atoms with E-state index in [1.165, 1.54) is 0 Å². The molecule has 1 nitrogen and oxygen atoms in total. The molecule has 0 aromatic rings. The van der Waals surface area contributed by atoms with E-state index in [2.05, 4.69) is 0 Å². The highest BCUT2D eigenvalue weighted by molar-refractivity contribution is 5.12. The largest absolute Gasteiger partial charge is 0.426 e. The van der Waals surface area contributed by atoms with Crippen molar-refractivity contribution in [3.8, 4) is 0 Å². The molecule has 0 heterocycles. The third kappa shape index (κ3) is 2.02. The van der Waals surface area contributed by atoms with Gasteiger partial charge in [-0.25, -0.2) is 0 Å². The van der Waals surface area contributed by atoms with Crippen molar-refractivity contribution in [2.45, 2.75) is 37.2 Å². The Hall–Kier alpha value is -0.720. The molecule has 0 spiro atoms. The van der Waals surface area contributed by atoms with Crippen LogP contribution in [0.5, 0.6) is 0 Å². The Kier molecular flexibility index (Phi) is 2.96. The van der Waals surface area contributed by atoms with Gasteiger partial charge in [0.05, 0.1) is 0 Å². The van der Waals surface area contributed by atoms with Crippen molar-refractivity contribution in [3.05, 3.63) is 12.2 Å². The van der Waals surface area contributed by atoms with Crippen LogP contribution in [0.3, 0.4) is 0 Å². The third-order valence-corrected chi connectivity index (χ3v) is 3.91. The number of allylic oxidation sites excluding steroid dienone is 2. The van der Waals surface area contributed by atoms with E-state index < -0.39 is 30.3 Å². The van der Waals surface area contributed by atoms with Crippen LogP contribution >= 0.6 is 0 Å². The van der Waals surface area contributed by atoms with E-state index in [4.69, 9.17) is 5.11 Å². The van der Waals surface area contributed by atoms with Gasteiger partial charge in [0.2, 0.25) is 0 Å². The summed E-state index contributed by atoms with van der Waals surface area (Å²) in [7, 11) is 0. The molecule has 0 aliphatic heterocycles. The first kappa shape index (κ1) is 13.7. The molecule has 7 heteroatoms. The summed E-state index contributed by atoms with van der Waals surface area (Å²) in [6, 6.07) is 0. The molecule has 0 aromatic heterocycles. The summed E-state index contributed by atoms with van der Waals surface area (Å²) in [6.07, 6.45) is -8.33. The first-order valence-electron chi connectivity index (χ1n) is 5.59. The van der Waals surface area contributed by atoms with Crippen LogP contribution in [0.4, 0.5) is 26.3 Å². The second kappa shape index (κ2) is 3.88. The minimum Gasteiger partial charge on any atom is -0.374 e. The maximum atomic E-state index is 12.5. The molecule has 0 amide bonds. The van der Waals surface area contributed by atoms with Gasteiger partial charge in [-0.05, 0) is 37.0 Å². The summed E-state index contributed by atoms with van der Waals surface area (Å²) in [4.78, 5) is 0. The van der Waals surface area contributed by atoms with Crippen molar-refractivity contribution in [2.75, 3.05) is 0 Å². The average molecular weight is 274 g/mol. The lowest BCUT2D eigenvalue weighted by molar-refractivity contribution is -0.373. The second-order valence-corrected chi connectivity index (χ2v) is 5.10. The molecule has 1 fully saturated rings. The fraction of sp³-hybridized carbons (Fsp3) is 0.818. The zero-order valence-electron chi connectivity index (χ0n) is 9.22. The Morgan fingerprint density at radius 2 is 1.50 bits per heavy atom. The first-order valence-corrected chi connectivity index (χ1v) is 5.59. The van der Waals surface area contributed by atoms with Crippen LogP contribution < -0.4 is 0 Å². The maximum Gasteiger partial charge on any atom is 0.426 e. The van der Waals surface area contributed by atoms with Gasteiger partial charge in [-0.3, -0.25) is 0 Å². The molecule has 18 heavy (non-hydrogen) atoms. The molecule has 0 aromatic carbocycles. The topological polar surface area (TPSA) is 20.2 Å².